The number of benzene rings is 2. The fourth-order valence-corrected chi connectivity index (χ4v) is 2.22. The van der Waals surface area contributed by atoms with Crippen LogP contribution in [0.4, 0.5) is 0 Å². The first-order chi connectivity index (χ1) is 11.0. The Kier molecular flexibility index (Phi) is 3.91. The molecule has 3 rings (SSSR count). The average Bonchev–Trinajstić information content (AvgIpc) is 2.92. The number of aromatic nitrogens is 2. The SMILES string of the molecule is O=C(O)c1cc(=O)n(-c2cc(Cl)ccc2Oc2ccccc2)[nH]1. The molecule has 2 aromatic carbocycles. The Morgan fingerprint density at radius 3 is 2.52 bits per heavy atom. The Bertz CT molecular complexity index is 915. The maximum absolute atomic E-state index is 12.0. The van der Waals surface area contributed by atoms with Gasteiger partial charge in [-0.15, -0.1) is 0 Å². The van der Waals surface area contributed by atoms with Crippen molar-refractivity contribution < 1.29 is 14.6 Å². The molecule has 2 N–H and O–H groups in total. The number of hydrogen-bond donors (Lipinski definition) is 2. The van der Waals surface area contributed by atoms with Crippen LogP contribution in [0.3, 0.4) is 0 Å². The number of para-hydroxylation sites is 1. The largest absolute Gasteiger partial charge is 0.477 e. The minimum absolute atomic E-state index is 0.222. The minimum atomic E-state index is -1.23. The maximum atomic E-state index is 12.0. The average molecular weight is 331 g/mol. The smallest absolute Gasteiger partial charge is 0.353 e. The zero-order chi connectivity index (χ0) is 16.4. The van der Waals surface area contributed by atoms with Crippen LogP contribution in [-0.4, -0.2) is 20.9 Å². The van der Waals surface area contributed by atoms with Gasteiger partial charge in [-0.2, -0.15) is 0 Å². The third kappa shape index (κ3) is 3.12. The quantitative estimate of drug-likeness (QED) is 0.768. The summed E-state index contributed by atoms with van der Waals surface area (Å²) in [6.45, 7) is 0. The van der Waals surface area contributed by atoms with E-state index in [-0.39, 0.29) is 5.69 Å². The molecule has 3 aromatic rings. The van der Waals surface area contributed by atoms with Gasteiger partial charge in [-0.05, 0) is 30.3 Å². The molecular formula is C16H11ClN2O4. The number of aromatic amines is 1. The van der Waals surface area contributed by atoms with E-state index >= 15 is 0 Å². The summed E-state index contributed by atoms with van der Waals surface area (Å²) in [6.07, 6.45) is 0. The van der Waals surface area contributed by atoms with Crippen LogP contribution in [-0.2, 0) is 0 Å². The third-order valence-corrected chi connectivity index (χ3v) is 3.32. The highest BCUT2D eigenvalue weighted by Crippen LogP contribution is 2.29. The molecule has 0 aliphatic heterocycles. The molecule has 0 aliphatic carbocycles. The normalized spacial score (nSPS) is 10.5. The van der Waals surface area contributed by atoms with E-state index in [1.807, 2.05) is 18.2 Å². The summed E-state index contributed by atoms with van der Waals surface area (Å²) in [4.78, 5) is 23.0. The molecule has 7 heteroatoms. The number of rotatable bonds is 4. The molecule has 0 fully saturated rings. The van der Waals surface area contributed by atoms with Crippen molar-refractivity contribution in [1.29, 1.82) is 0 Å². The van der Waals surface area contributed by atoms with Gasteiger partial charge in [0.15, 0.2) is 5.75 Å². The van der Waals surface area contributed by atoms with Crippen molar-refractivity contribution in [3.05, 3.63) is 75.7 Å². The number of H-pyrrole nitrogens is 1. The first kappa shape index (κ1) is 14.9. The highest BCUT2D eigenvalue weighted by atomic mass is 35.5. The van der Waals surface area contributed by atoms with E-state index in [1.165, 1.54) is 6.07 Å². The molecular weight excluding hydrogens is 320 g/mol. The van der Waals surface area contributed by atoms with Crippen LogP contribution >= 0.6 is 11.6 Å². The van der Waals surface area contributed by atoms with Crippen molar-refractivity contribution in [2.75, 3.05) is 0 Å². The Balaban J connectivity index is 2.10. The Morgan fingerprint density at radius 2 is 1.87 bits per heavy atom. The number of carboxylic acids is 1. The number of halogens is 1. The number of carboxylic acid groups (broad SMARTS) is 1. The van der Waals surface area contributed by atoms with Crippen LogP contribution in [0.2, 0.25) is 5.02 Å². The van der Waals surface area contributed by atoms with E-state index in [0.717, 1.165) is 10.7 Å². The molecule has 1 aromatic heterocycles. The fourth-order valence-electron chi connectivity index (χ4n) is 2.05. The molecule has 6 nitrogen and oxygen atoms in total. The highest BCUT2D eigenvalue weighted by Gasteiger charge is 2.15. The minimum Gasteiger partial charge on any atom is -0.477 e. The van der Waals surface area contributed by atoms with Crippen LogP contribution in [0.15, 0.2) is 59.4 Å². The van der Waals surface area contributed by atoms with Crippen molar-refractivity contribution in [1.82, 2.24) is 9.78 Å². The maximum Gasteiger partial charge on any atom is 0.353 e. The van der Waals surface area contributed by atoms with Crippen molar-refractivity contribution in [2.24, 2.45) is 0 Å². The van der Waals surface area contributed by atoms with Gasteiger partial charge in [0.25, 0.3) is 5.56 Å². The summed E-state index contributed by atoms with van der Waals surface area (Å²) in [7, 11) is 0. The van der Waals surface area contributed by atoms with Gasteiger partial charge in [0, 0.05) is 11.1 Å². The van der Waals surface area contributed by atoms with Crippen molar-refractivity contribution in [3.8, 4) is 17.2 Å². The summed E-state index contributed by atoms with van der Waals surface area (Å²) in [5, 5.41) is 11.9. The van der Waals surface area contributed by atoms with Crippen molar-refractivity contribution in [2.45, 2.75) is 0 Å². The van der Waals surface area contributed by atoms with Gasteiger partial charge in [-0.25, -0.2) is 9.48 Å². The topological polar surface area (TPSA) is 84.3 Å². The number of carbonyl (C=O) groups is 1. The molecule has 0 atom stereocenters. The molecule has 0 bridgehead atoms. The lowest BCUT2D eigenvalue weighted by atomic mass is 10.3. The van der Waals surface area contributed by atoms with Gasteiger partial charge in [0.1, 0.15) is 17.1 Å². The van der Waals surface area contributed by atoms with Gasteiger partial charge in [0.2, 0.25) is 0 Å². The van der Waals surface area contributed by atoms with Crippen LogP contribution < -0.4 is 10.3 Å². The molecule has 0 radical (unpaired) electrons. The van der Waals surface area contributed by atoms with Crippen LogP contribution in [0.5, 0.6) is 11.5 Å². The monoisotopic (exact) mass is 330 g/mol. The van der Waals surface area contributed by atoms with Gasteiger partial charge < -0.3 is 9.84 Å². The van der Waals surface area contributed by atoms with Crippen molar-refractivity contribution in [3.63, 3.8) is 0 Å². The van der Waals surface area contributed by atoms with E-state index in [2.05, 4.69) is 5.10 Å². The zero-order valence-corrected chi connectivity index (χ0v) is 12.4. The first-order valence-electron chi connectivity index (χ1n) is 6.63. The summed E-state index contributed by atoms with van der Waals surface area (Å²) in [5.74, 6) is -0.288. The Labute approximate surface area is 135 Å². The highest BCUT2D eigenvalue weighted by molar-refractivity contribution is 6.30. The number of ether oxygens (including phenoxy) is 1. The van der Waals surface area contributed by atoms with Gasteiger partial charge >= 0.3 is 5.97 Å². The molecule has 23 heavy (non-hydrogen) atoms. The predicted molar refractivity (Wildman–Crippen MR) is 84.9 cm³/mol. The van der Waals surface area contributed by atoms with Crippen LogP contribution in [0.25, 0.3) is 5.69 Å². The molecule has 0 saturated carbocycles. The van der Waals surface area contributed by atoms with Gasteiger partial charge in [-0.1, -0.05) is 29.8 Å². The summed E-state index contributed by atoms with van der Waals surface area (Å²) >= 11 is 5.99. The Hall–Kier alpha value is -2.99. The molecule has 0 unspecified atom stereocenters. The van der Waals surface area contributed by atoms with E-state index in [9.17, 15) is 9.59 Å². The van der Waals surface area contributed by atoms with Crippen molar-refractivity contribution >= 4 is 17.6 Å². The molecule has 0 aliphatic rings. The second-order valence-corrected chi connectivity index (χ2v) is 5.11. The molecule has 0 saturated heterocycles. The van der Waals surface area contributed by atoms with Gasteiger partial charge in [-0.3, -0.25) is 9.89 Å². The molecule has 0 amide bonds. The predicted octanol–water partition coefficient (Wildman–Crippen LogP) is 3.31. The van der Waals surface area contributed by atoms with Crippen LogP contribution in [0, 0.1) is 0 Å². The van der Waals surface area contributed by atoms with E-state index < -0.39 is 11.5 Å². The molecule has 1 heterocycles. The summed E-state index contributed by atoms with van der Waals surface area (Å²) in [5.41, 5.74) is -0.429. The number of hydrogen-bond acceptors (Lipinski definition) is 3. The number of nitrogens with zero attached hydrogens (tertiary/aromatic N) is 1. The zero-order valence-electron chi connectivity index (χ0n) is 11.7. The second kappa shape index (κ2) is 6.02. The summed E-state index contributed by atoms with van der Waals surface area (Å²) in [6, 6.07) is 14.7. The lowest BCUT2D eigenvalue weighted by Crippen LogP contribution is -2.14. The Morgan fingerprint density at radius 1 is 1.13 bits per heavy atom. The second-order valence-electron chi connectivity index (χ2n) is 4.68. The van der Waals surface area contributed by atoms with E-state index in [0.29, 0.717) is 22.2 Å². The van der Waals surface area contributed by atoms with E-state index in [1.54, 1.807) is 24.3 Å². The number of aromatic carboxylic acids is 1. The lowest BCUT2D eigenvalue weighted by molar-refractivity contribution is 0.0690. The standard InChI is InChI=1S/C16H11ClN2O4/c17-10-6-7-14(23-11-4-2-1-3-5-11)13(8-10)19-15(20)9-12(18-19)16(21)22/h1-9,18H,(H,21,22). The molecule has 116 valence electrons. The fraction of sp³-hybridized carbons (Fsp3) is 0. The number of nitrogens with one attached hydrogen (secondary N) is 1. The summed E-state index contributed by atoms with van der Waals surface area (Å²) < 4.78 is 6.83. The lowest BCUT2D eigenvalue weighted by Gasteiger charge is -2.11. The third-order valence-electron chi connectivity index (χ3n) is 3.08. The van der Waals surface area contributed by atoms with Crippen LogP contribution in [0.1, 0.15) is 10.5 Å². The first-order valence-corrected chi connectivity index (χ1v) is 7.00. The molecule has 0 spiro atoms. The van der Waals surface area contributed by atoms with Gasteiger partial charge in [0.05, 0.1) is 0 Å². The van der Waals surface area contributed by atoms with E-state index in [4.69, 9.17) is 21.4 Å².